The molecule has 1 aromatic rings. The van der Waals surface area contributed by atoms with Crippen molar-refractivity contribution in [3.63, 3.8) is 0 Å². The van der Waals surface area contributed by atoms with Gasteiger partial charge in [-0.25, -0.2) is 0 Å². The summed E-state index contributed by atoms with van der Waals surface area (Å²) in [5.74, 6) is 1.06. The molecular formula is C23H37N5O2. The Morgan fingerprint density at radius 3 is 2.60 bits per heavy atom. The zero-order valence-electron chi connectivity index (χ0n) is 18.7. The van der Waals surface area contributed by atoms with E-state index in [1.54, 1.807) is 0 Å². The lowest BCUT2D eigenvalue weighted by Crippen LogP contribution is -2.46. The number of likely N-dealkylation sites (tertiary alicyclic amines) is 1. The Hall–Kier alpha value is -2.12. The number of hydrogen-bond acceptors (Lipinski definition) is 4. The fourth-order valence-corrected chi connectivity index (χ4v) is 4.13. The van der Waals surface area contributed by atoms with E-state index >= 15 is 0 Å². The summed E-state index contributed by atoms with van der Waals surface area (Å²) >= 11 is 0. The molecule has 0 bridgehead atoms. The Kier molecular flexibility index (Phi) is 8.51. The largest absolute Gasteiger partial charge is 0.379 e. The van der Waals surface area contributed by atoms with Crippen LogP contribution < -0.4 is 10.6 Å². The number of nitrogens with zero attached hydrogens (tertiary/aromatic N) is 3. The fraction of sp³-hybridized carbons (Fsp3) is 0.652. The van der Waals surface area contributed by atoms with Crippen LogP contribution in [0.1, 0.15) is 43.9 Å². The van der Waals surface area contributed by atoms with Gasteiger partial charge in [-0.05, 0) is 25.8 Å². The second kappa shape index (κ2) is 11.3. The summed E-state index contributed by atoms with van der Waals surface area (Å²) in [6, 6.07) is 9.26. The first-order chi connectivity index (χ1) is 14.6. The number of morpholine rings is 1. The molecule has 7 nitrogen and oxygen atoms in total. The van der Waals surface area contributed by atoms with Crippen molar-refractivity contribution >= 4 is 11.9 Å². The van der Waals surface area contributed by atoms with E-state index in [9.17, 15) is 4.79 Å². The molecule has 0 aromatic heterocycles. The third-order valence-corrected chi connectivity index (χ3v) is 5.90. The summed E-state index contributed by atoms with van der Waals surface area (Å²) in [5.41, 5.74) is 2.56. The molecule has 2 heterocycles. The van der Waals surface area contributed by atoms with Gasteiger partial charge in [0.15, 0.2) is 5.96 Å². The molecule has 3 rings (SSSR count). The Morgan fingerprint density at radius 1 is 1.20 bits per heavy atom. The smallest absolute Gasteiger partial charge is 0.222 e. The van der Waals surface area contributed by atoms with E-state index in [0.717, 1.165) is 58.3 Å². The van der Waals surface area contributed by atoms with Crippen LogP contribution in [-0.4, -0.2) is 80.2 Å². The zero-order valence-corrected chi connectivity index (χ0v) is 18.7. The quantitative estimate of drug-likeness (QED) is 0.526. The number of aryl methyl sites for hydroxylation is 1. The van der Waals surface area contributed by atoms with Gasteiger partial charge in [0.1, 0.15) is 0 Å². The lowest BCUT2D eigenvalue weighted by Gasteiger charge is -2.34. The van der Waals surface area contributed by atoms with E-state index in [2.05, 4.69) is 53.6 Å². The van der Waals surface area contributed by atoms with Gasteiger partial charge < -0.3 is 20.3 Å². The molecule has 2 N–H and O–H groups in total. The van der Waals surface area contributed by atoms with Crippen LogP contribution in [0.5, 0.6) is 0 Å². The molecule has 0 saturated carbocycles. The van der Waals surface area contributed by atoms with Crippen LogP contribution in [0.2, 0.25) is 0 Å². The Morgan fingerprint density at radius 2 is 1.93 bits per heavy atom. The molecule has 0 spiro atoms. The number of aliphatic imine (C=N–C) groups is 1. The highest BCUT2D eigenvalue weighted by atomic mass is 16.5. The second-order valence-electron chi connectivity index (χ2n) is 8.12. The molecule has 1 aromatic carbocycles. The standard InChI is InChI=1S/C23H37N5O2/c1-4-22(29)28-11-10-20(17-28)26-23(24-5-2)25-16-21(27-12-14-30-15-13-27)19-8-6-18(3)7-9-19/h6-9,20-21H,4-5,10-17H2,1-3H3,(H2,24,25,26). The summed E-state index contributed by atoms with van der Waals surface area (Å²) in [5, 5.41) is 6.93. The van der Waals surface area contributed by atoms with E-state index in [4.69, 9.17) is 9.73 Å². The number of guanidine groups is 1. The molecule has 166 valence electrons. The number of hydrogen-bond donors (Lipinski definition) is 2. The summed E-state index contributed by atoms with van der Waals surface area (Å²) in [4.78, 5) is 21.3. The number of carbonyl (C=O) groups is 1. The average molecular weight is 416 g/mol. The van der Waals surface area contributed by atoms with Crippen LogP contribution in [0.25, 0.3) is 0 Å². The molecule has 2 atom stereocenters. The molecule has 7 heteroatoms. The number of benzene rings is 1. The topological polar surface area (TPSA) is 69.2 Å². The highest BCUT2D eigenvalue weighted by Gasteiger charge is 2.26. The van der Waals surface area contributed by atoms with Crippen LogP contribution >= 0.6 is 0 Å². The molecule has 2 fully saturated rings. The molecule has 2 aliphatic heterocycles. The molecular weight excluding hydrogens is 378 g/mol. The van der Waals surface area contributed by atoms with Crippen molar-refractivity contribution in [2.75, 3.05) is 52.5 Å². The molecule has 0 radical (unpaired) electrons. The lowest BCUT2D eigenvalue weighted by atomic mass is 10.0. The van der Waals surface area contributed by atoms with Gasteiger partial charge in [0.25, 0.3) is 0 Å². The van der Waals surface area contributed by atoms with Crippen molar-refractivity contribution in [1.82, 2.24) is 20.4 Å². The first kappa shape index (κ1) is 22.6. The molecule has 2 unspecified atom stereocenters. The summed E-state index contributed by atoms with van der Waals surface area (Å²) in [7, 11) is 0. The van der Waals surface area contributed by atoms with E-state index in [-0.39, 0.29) is 18.0 Å². The number of carbonyl (C=O) groups excluding carboxylic acids is 1. The zero-order chi connectivity index (χ0) is 21.3. The number of ether oxygens (including phenoxy) is 1. The third kappa shape index (κ3) is 6.19. The average Bonchev–Trinajstić information content (AvgIpc) is 3.24. The van der Waals surface area contributed by atoms with Crippen LogP contribution in [0.3, 0.4) is 0 Å². The minimum Gasteiger partial charge on any atom is -0.379 e. The van der Waals surface area contributed by atoms with Gasteiger partial charge in [-0.3, -0.25) is 14.7 Å². The number of amides is 1. The van der Waals surface area contributed by atoms with Crippen molar-refractivity contribution in [2.45, 2.75) is 45.7 Å². The van der Waals surface area contributed by atoms with E-state index in [1.165, 1.54) is 11.1 Å². The Balaban J connectivity index is 1.69. The number of nitrogens with one attached hydrogen (secondary N) is 2. The molecule has 30 heavy (non-hydrogen) atoms. The van der Waals surface area contributed by atoms with Gasteiger partial charge in [-0.15, -0.1) is 0 Å². The van der Waals surface area contributed by atoms with Crippen molar-refractivity contribution in [1.29, 1.82) is 0 Å². The Bertz CT molecular complexity index is 700. The highest BCUT2D eigenvalue weighted by molar-refractivity contribution is 5.80. The predicted molar refractivity (Wildman–Crippen MR) is 121 cm³/mol. The lowest BCUT2D eigenvalue weighted by molar-refractivity contribution is -0.129. The van der Waals surface area contributed by atoms with E-state index in [1.807, 2.05) is 11.8 Å². The van der Waals surface area contributed by atoms with Gasteiger partial charge in [0.2, 0.25) is 5.91 Å². The van der Waals surface area contributed by atoms with Crippen LogP contribution in [0.15, 0.2) is 29.3 Å². The van der Waals surface area contributed by atoms with Crippen LogP contribution in [-0.2, 0) is 9.53 Å². The minimum atomic E-state index is 0.228. The van der Waals surface area contributed by atoms with Crippen molar-refractivity contribution < 1.29 is 9.53 Å². The van der Waals surface area contributed by atoms with Crippen LogP contribution in [0.4, 0.5) is 0 Å². The van der Waals surface area contributed by atoms with Crippen molar-refractivity contribution in [2.24, 2.45) is 4.99 Å². The van der Waals surface area contributed by atoms with Crippen LogP contribution in [0, 0.1) is 6.92 Å². The summed E-state index contributed by atoms with van der Waals surface area (Å²) in [6.45, 7) is 12.6. The van der Waals surface area contributed by atoms with Gasteiger partial charge in [-0.1, -0.05) is 36.8 Å². The number of rotatable bonds is 7. The first-order valence-electron chi connectivity index (χ1n) is 11.3. The molecule has 1 amide bonds. The van der Waals surface area contributed by atoms with Gasteiger partial charge in [-0.2, -0.15) is 0 Å². The van der Waals surface area contributed by atoms with Crippen molar-refractivity contribution in [3.8, 4) is 0 Å². The van der Waals surface area contributed by atoms with E-state index in [0.29, 0.717) is 13.0 Å². The maximum atomic E-state index is 12.0. The second-order valence-corrected chi connectivity index (χ2v) is 8.12. The first-order valence-corrected chi connectivity index (χ1v) is 11.3. The van der Waals surface area contributed by atoms with E-state index < -0.39 is 0 Å². The molecule has 2 aliphatic rings. The summed E-state index contributed by atoms with van der Waals surface area (Å²) in [6.07, 6.45) is 1.53. The summed E-state index contributed by atoms with van der Waals surface area (Å²) < 4.78 is 5.56. The van der Waals surface area contributed by atoms with Gasteiger partial charge >= 0.3 is 0 Å². The maximum Gasteiger partial charge on any atom is 0.222 e. The molecule has 0 aliphatic carbocycles. The molecule has 2 saturated heterocycles. The fourth-order valence-electron chi connectivity index (χ4n) is 4.13. The Labute approximate surface area is 180 Å². The monoisotopic (exact) mass is 415 g/mol. The predicted octanol–water partition coefficient (Wildman–Crippen LogP) is 1.93. The SMILES string of the molecule is CCNC(=NCC(c1ccc(C)cc1)N1CCOCC1)NC1CCN(C(=O)CC)C1. The van der Waals surface area contributed by atoms with Gasteiger partial charge in [0.05, 0.1) is 25.8 Å². The van der Waals surface area contributed by atoms with Crippen molar-refractivity contribution in [3.05, 3.63) is 35.4 Å². The normalized spacial score (nSPS) is 21.5. The van der Waals surface area contributed by atoms with Gasteiger partial charge in [0, 0.05) is 45.2 Å². The minimum absolute atomic E-state index is 0.228. The maximum absolute atomic E-state index is 12.0. The third-order valence-electron chi connectivity index (χ3n) is 5.90. The highest BCUT2D eigenvalue weighted by Crippen LogP contribution is 2.23.